The summed E-state index contributed by atoms with van der Waals surface area (Å²) in [5.41, 5.74) is 2.30. The number of para-hydroxylation sites is 1. The van der Waals surface area contributed by atoms with Crippen LogP contribution in [0.1, 0.15) is 55.2 Å². The third-order valence-corrected chi connectivity index (χ3v) is 5.71. The van der Waals surface area contributed by atoms with Crippen LogP contribution in [0.3, 0.4) is 0 Å². The lowest BCUT2D eigenvalue weighted by Gasteiger charge is -2.33. The first kappa shape index (κ1) is 22.5. The molecule has 1 amide bonds. The van der Waals surface area contributed by atoms with Crippen molar-refractivity contribution in [1.29, 1.82) is 0 Å². The van der Waals surface area contributed by atoms with E-state index in [1.165, 1.54) is 6.26 Å². The first-order valence-corrected chi connectivity index (χ1v) is 11.3. The lowest BCUT2D eigenvalue weighted by molar-refractivity contribution is 0.0598. The topological polar surface area (TPSA) is 68.3 Å². The van der Waals surface area contributed by atoms with Gasteiger partial charge in [0.15, 0.2) is 5.76 Å². The quantitative estimate of drug-likeness (QED) is 0.376. The van der Waals surface area contributed by atoms with E-state index < -0.39 is 6.04 Å². The SMILES string of the molecule is CCC(c1nc2ccccc2c(=O)n1-c1ccc(C)cc1)N(CC(C)C)C(=O)c1ccco1. The lowest BCUT2D eigenvalue weighted by Crippen LogP contribution is -2.40. The summed E-state index contributed by atoms with van der Waals surface area (Å²) in [6.45, 7) is 8.66. The summed E-state index contributed by atoms with van der Waals surface area (Å²) in [5.74, 6) is 0.834. The molecule has 2 heterocycles. The fraction of sp³-hybridized carbons (Fsp3) is 0.296. The summed E-state index contributed by atoms with van der Waals surface area (Å²) >= 11 is 0. The highest BCUT2D eigenvalue weighted by molar-refractivity contribution is 5.91. The Morgan fingerprint density at radius 2 is 1.79 bits per heavy atom. The second-order valence-electron chi connectivity index (χ2n) is 8.72. The van der Waals surface area contributed by atoms with Crippen LogP contribution in [0.25, 0.3) is 16.6 Å². The van der Waals surface area contributed by atoms with Crippen molar-refractivity contribution in [3.8, 4) is 5.69 Å². The molecule has 4 rings (SSSR count). The summed E-state index contributed by atoms with van der Waals surface area (Å²) in [5, 5.41) is 0.546. The van der Waals surface area contributed by atoms with E-state index in [1.807, 2.05) is 56.3 Å². The van der Waals surface area contributed by atoms with Crippen molar-refractivity contribution in [1.82, 2.24) is 14.5 Å². The van der Waals surface area contributed by atoms with Crippen LogP contribution < -0.4 is 5.56 Å². The van der Waals surface area contributed by atoms with Crippen LogP contribution in [0, 0.1) is 12.8 Å². The van der Waals surface area contributed by atoms with E-state index in [0.29, 0.717) is 29.7 Å². The zero-order valence-corrected chi connectivity index (χ0v) is 19.5. The van der Waals surface area contributed by atoms with Gasteiger partial charge in [0.05, 0.1) is 28.9 Å². The van der Waals surface area contributed by atoms with Gasteiger partial charge in [-0.25, -0.2) is 4.98 Å². The molecular weight excluding hydrogens is 414 g/mol. The number of aromatic nitrogens is 2. The predicted octanol–water partition coefficient (Wildman–Crippen LogP) is 5.54. The van der Waals surface area contributed by atoms with Crippen molar-refractivity contribution in [2.24, 2.45) is 5.92 Å². The molecule has 1 unspecified atom stereocenters. The van der Waals surface area contributed by atoms with E-state index in [4.69, 9.17) is 9.40 Å². The largest absolute Gasteiger partial charge is 0.459 e. The second kappa shape index (κ2) is 9.45. The van der Waals surface area contributed by atoms with Crippen LogP contribution in [0.2, 0.25) is 0 Å². The third kappa shape index (κ3) is 4.46. The molecule has 4 aromatic rings. The number of aryl methyl sites for hydroxylation is 1. The predicted molar refractivity (Wildman–Crippen MR) is 130 cm³/mol. The number of furan rings is 1. The van der Waals surface area contributed by atoms with Gasteiger partial charge in [0.25, 0.3) is 11.5 Å². The van der Waals surface area contributed by atoms with Crippen molar-refractivity contribution in [3.63, 3.8) is 0 Å². The molecule has 170 valence electrons. The highest BCUT2D eigenvalue weighted by atomic mass is 16.3. The number of carbonyl (C=O) groups excluding carboxylic acids is 1. The van der Waals surface area contributed by atoms with Crippen LogP contribution >= 0.6 is 0 Å². The molecule has 0 fully saturated rings. The number of hydrogen-bond acceptors (Lipinski definition) is 4. The molecule has 2 aromatic heterocycles. The van der Waals surface area contributed by atoms with E-state index in [2.05, 4.69) is 13.8 Å². The van der Waals surface area contributed by atoms with E-state index >= 15 is 0 Å². The Labute approximate surface area is 193 Å². The first-order valence-electron chi connectivity index (χ1n) is 11.3. The van der Waals surface area contributed by atoms with Crippen molar-refractivity contribution in [2.45, 2.75) is 40.2 Å². The number of fused-ring (bicyclic) bond motifs is 1. The monoisotopic (exact) mass is 443 g/mol. The number of carbonyl (C=O) groups is 1. The summed E-state index contributed by atoms with van der Waals surface area (Å²) in [7, 11) is 0. The zero-order chi connectivity index (χ0) is 23.5. The molecule has 33 heavy (non-hydrogen) atoms. The van der Waals surface area contributed by atoms with E-state index in [1.54, 1.807) is 27.7 Å². The standard InChI is InChI=1S/C27H29N3O3/c1-5-23(29(17-18(2)3)27(32)24-11-8-16-33-24)25-28-22-10-7-6-9-21(22)26(31)30(25)20-14-12-19(4)13-15-20/h6-16,18,23H,5,17H2,1-4H3. The fourth-order valence-electron chi connectivity index (χ4n) is 4.15. The first-order chi connectivity index (χ1) is 15.9. The number of nitrogens with zero attached hydrogens (tertiary/aromatic N) is 3. The molecule has 6 heteroatoms. The normalized spacial score (nSPS) is 12.3. The number of amides is 1. The molecule has 0 aliphatic rings. The van der Waals surface area contributed by atoms with Gasteiger partial charge in [0.2, 0.25) is 0 Å². The van der Waals surface area contributed by atoms with Crippen LogP contribution in [-0.4, -0.2) is 26.9 Å². The fourth-order valence-corrected chi connectivity index (χ4v) is 4.15. The van der Waals surface area contributed by atoms with Gasteiger partial charge in [0, 0.05) is 6.54 Å². The molecule has 2 aromatic carbocycles. The van der Waals surface area contributed by atoms with Crippen LogP contribution in [-0.2, 0) is 0 Å². The van der Waals surface area contributed by atoms with Gasteiger partial charge in [0.1, 0.15) is 5.82 Å². The van der Waals surface area contributed by atoms with Crippen molar-refractivity contribution in [2.75, 3.05) is 6.54 Å². The van der Waals surface area contributed by atoms with Crippen molar-refractivity contribution in [3.05, 3.63) is 94.4 Å². The maximum absolute atomic E-state index is 13.7. The third-order valence-electron chi connectivity index (χ3n) is 5.71. The van der Waals surface area contributed by atoms with Crippen molar-refractivity contribution >= 4 is 16.8 Å². The molecule has 0 saturated heterocycles. The molecule has 0 saturated carbocycles. The summed E-state index contributed by atoms with van der Waals surface area (Å²) in [6, 6.07) is 18.1. The molecule has 0 aliphatic carbocycles. The van der Waals surface area contributed by atoms with Gasteiger partial charge in [-0.05, 0) is 55.7 Å². The lowest BCUT2D eigenvalue weighted by atomic mass is 10.1. The van der Waals surface area contributed by atoms with E-state index in [-0.39, 0.29) is 23.1 Å². The Morgan fingerprint density at radius 1 is 1.06 bits per heavy atom. The van der Waals surface area contributed by atoms with E-state index in [0.717, 1.165) is 11.3 Å². The summed E-state index contributed by atoms with van der Waals surface area (Å²) in [6.07, 6.45) is 2.09. The van der Waals surface area contributed by atoms with Crippen LogP contribution in [0.5, 0.6) is 0 Å². The van der Waals surface area contributed by atoms with Gasteiger partial charge >= 0.3 is 0 Å². The number of rotatable bonds is 7. The maximum Gasteiger partial charge on any atom is 0.290 e. The molecule has 0 N–H and O–H groups in total. The summed E-state index contributed by atoms with van der Waals surface area (Å²) < 4.78 is 7.08. The smallest absolute Gasteiger partial charge is 0.290 e. The molecule has 0 aliphatic heterocycles. The minimum absolute atomic E-state index is 0.146. The Bertz CT molecular complexity index is 1300. The molecule has 1 atom stereocenters. The van der Waals surface area contributed by atoms with Gasteiger partial charge in [-0.1, -0.05) is 50.6 Å². The van der Waals surface area contributed by atoms with Crippen LogP contribution in [0.4, 0.5) is 0 Å². The highest BCUT2D eigenvalue weighted by Crippen LogP contribution is 2.28. The average Bonchev–Trinajstić information content (AvgIpc) is 3.34. The minimum atomic E-state index is -0.413. The van der Waals surface area contributed by atoms with Gasteiger partial charge in [-0.2, -0.15) is 0 Å². The number of benzene rings is 2. The Balaban J connectivity index is 1.96. The zero-order valence-electron chi connectivity index (χ0n) is 19.5. The van der Waals surface area contributed by atoms with E-state index in [9.17, 15) is 9.59 Å². The van der Waals surface area contributed by atoms with Gasteiger partial charge in [-0.3, -0.25) is 14.2 Å². The highest BCUT2D eigenvalue weighted by Gasteiger charge is 2.31. The molecule has 0 radical (unpaired) electrons. The molecule has 0 spiro atoms. The van der Waals surface area contributed by atoms with Crippen LogP contribution in [0.15, 0.2) is 76.1 Å². The van der Waals surface area contributed by atoms with Gasteiger partial charge in [-0.15, -0.1) is 0 Å². The Hall–Kier alpha value is -3.67. The average molecular weight is 444 g/mol. The Kier molecular flexibility index (Phi) is 6.45. The maximum atomic E-state index is 13.7. The summed E-state index contributed by atoms with van der Waals surface area (Å²) in [4.78, 5) is 33.9. The van der Waals surface area contributed by atoms with Gasteiger partial charge < -0.3 is 9.32 Å². The second-order valence-corrected chi connectivity index (χ2v) is 8.72. The molecule has 0 bridgehead atoms. The number of hydrogen-bond donors (Lipinski definition) is 0. The molecule has 6 nitrogen and oxygen atoms in total. The minimum Gasteiger partial charge on any atom is -0.459 e. The molecular formula is C27H29N3O3. The van der Waals surface area contributed by atoms with Crippen molar-refractivity contribution < 1.29 is 9.21 Å². The Morgan fingerprint density at radius 3 is 2.42 bits per heavy atom.